The van der Waals surface area contributed by atoms with Gasteiger partial charge in [-0.1, -0.05) is 5.16 Å². The van der Waals surface area contributed by atoms with Crippen LogP contribution in [-0.2, 0) is 5.88 Å². The number of ether oxygens (including phenoxy) is 2. The Bertz CT molecular complexity index is 542. The second kappa shape index (κ2) is 6.43. The Hall–Kier alpha value is -1.75. The first-order valence-corrected chi connectivity index (χ1v) is 6.60. The molecule has 5 nitrogen and oxygen atoms in total. The molecule has 6 heteroatoms. The van der Waals surface area contributed by atoms with Crippen molar-refractivity contribution in [2.24, 2.45) is 0 Å². The van der Waals surface area contributed by atoms with Gasteiger partial charge in [-0.25, -0.2) is 0 Å². The third-order valence-electron chi connectivity index (χ3n) is 2.38. The molecule has 0 aliphatic rings. The SMILES string of the molecule is CCOc1ccc(-c2nc(CCl)no2)cc1OCC. The Morgan fingerprint density at radius 1 is 1.16 bits per heavy atom. The van der Waals surface area contributed by atoms with Crippen LogP contribution in [-0.4, -0.2) is 23.4 Å². The molecular formula is C13H15ClN2O3. The van der Waals surface area contributed by atoms with Crippen molar-refractivity contribution in [2.45, 2.75) is 19.7 Å². The van der Waals surface area contributed by atoms with Gasteiger partial charge in [0.05, 0.1) is 19.1 Å². The first-order valence-electron chi connectivity index (χ1n) is 6.07. The Morgan fingerprint density at radius 3 is 2.53 bits per heavy atom. The minimum Gasteiger partial charge on any atom is -0.490 e. The van der Waals surface area contributed by atoms with Crippen LogP contribution in [0, 0.1) is 0 Å². The predicted molar refractivity (Wildman–Crippen MR) is 71.6 cm³/mol. The fraction of sp³-hybridized carbons (Fsp3) is 0.385. The number of halogens is 1. The van der Waals surface area contributed by atoms with E-state index >= 15 is 0 Å². The van der Waals surface area contributed by atoms with E-state index in [9.17, 15) is 0 Å². The number of nitrogens with zero attached hydrogens (tertiary/aromatic N) is 2. The molecule has 0 spiro atoms. The van der Waals surface area contributed by atoms with Crippen LogP contribution in [0.2, 0.25) is 0 Å². The van der Waals surface area contributed by atoms with Crippen molar-refractivity contribution in [1.82, 2.24) is 10.1 Å². The summed E-state index contributed by atoms with van der Waals surface area (Å²) in [4.78, 5) is 4.17. The van der Waals surface area contributed by atoms with Crippen LogP contribution in [0.25, 0.3) is 11.5 Å². The highest BCUT2D eigenvalue weighted by molar-refractivity contribution is 6.16. The van der Waals surface area contributed by atoms with Gasteiger partial charge in [0.1, 0.15) is 0 Å². The van der Waals surface area contributed by atoms with Crippen molar-refractivity contribution in [2.75, 3.05) is 13.2 Å². The lowest BCUT2D eigenvalue weighted by molar-refractivity contribution is 0.288. The van der Waals surface area contributed by atoms with Gasteiger partial charge < -0.3 is 14.0 Å². The van der Waals surface area contributed by atoms with Gasteiger partial charge >= 0.3 is 0 Å². The maximum atomic E-state index is 5.65. The summed E-state index contributed by atoms with van der Waals surface area (Å²) in [6.45, 7) is 4.98. The highest BCUT2D eigenvalue weighted by Crippen LogP contribution is 2.32. The van der Waals surface area contributed by atoms with Gasteiger partial charge in [0.15, 0.2) is 17.3 Å². The first-order chi connectivity index (χ1) is 9.28. The van der Waals surface area contributed by atoms with Gasteiger partial charge in [-0.05, 0) is 32.0 Å². The second-order valence-corrected chi connectivity index (χ2v) is 3.94. The minimum atomic E-state index is 0.221. The molecule has 0 saturated heterocycles. The summed E-state index contributed by atoms with van der Waals surface area (Å²) < 4.78 is 16.2. The highest BCUT2D eigenvalue weighted by Gasteiger charge is 2.12. The normalized spacial score (nSPS) is 10.5. The summed E-state index contributed by atoms with van der Waals surface area (Å²) in [5.74, 6) is 2.46. The molecule has 1 aromatic heterocycles. The lowest BCUT2D eigenvalue weighted by Gasteiger charge is -2.11. The average Bonchev–Trinajstić information content (AvgIpc) is 2.90. The minimum absolute atomic E-state index is 0.221. The van der Waals surface area contributed by atoms with Gasteiger partial charge in [-0.15, -0.1) is 11.6 Å². The zero-order chi connectivity index (χ0) is 13.7. The van der Waals surface area contributed by atoms with Crippen molar-refractivity contribution in [3.8, 4) is 23.0 Å². The van der Waals surface area contributed by atoms with Gasteiger partial charge in [-0.3, -0.25) is 0 Å². The van der Waals surface area contributed by atoms with Crippen LogP contribution in [0.1, 0.15) is 19.7 Å². The van der Waals surface area contributed by atoms with Gasteiger partial charge in [0.2, 0.25) is 0 Å². The first kappa shape index (κ1) is 13.7. The maximum absolute atomic E-state index is 5.65. The van der Waals surface area contributed by atoms with Crippen molar-refractivity contribution in [1.29, 1.82) is 0 Å². The molecule has 0 aliphatic heterocycles. The third kappa shape index (κ3) is 3.17. The largest absolute Gasteiger partial charge is 0.490 e. The van der Waals surface area contributed by atoms with Crippen molar-refractivity contribution >= 4 is 11.6 Å². The zero-order valence-corrected chi connectivity index (χ0v) is 11.6. The summed E-state index contributed by atoms with van der Waals surface area (Å²) in [6, 6.07) is 5.49. The van der Waals surface area contributed by atoms with Gasteiger partial charge in [0, 0.05) is 5.56 Å². The molecule has 2 aromatic rings. The number of hydrogen-bond acceptors (Lipinski definition) is 5. The Balaban J connectivity index is 2.33. The van der Waals surface area contributed by atoms with Crippen LogP contribution in [0.5, 0.6) is 11.5 Å². The van der Waals surface area contributed by atoms with Crippen LogP contribution in [0.15, 0.2) is 22.7 Å². The fourth-order valence-corrected chi connectivity index (χ4v) is 1.72. The molecule has 0 bridgehead atoms. The van der Waals surface area contributed by atoms with Crippen LogP contribution >= 0.6 is 11.6 Å². The molecule has 19 heavy (non-hydrogen) atoms. The third-order valence-corrected chi connectivity index (χ3v) is 2.62. The smallest absolute Gasteiger partial charge is 0.258 e. The van der Waals surface area contributed by atoms with Crippen LogP contribution < -0.4 is 9.47 Å². The Kier molecular flexibility index (Phi) is 4.63. The van der Waals surface area contributed by atoms with E-state index in [0.29, 0.717) is 36.4 Å². The molecule has 0 N–H and O–H groups in total. The molecule has 2 rings (SSSR count). The molecule has 102 valence electrons. The van der Waals surface area contributed by atoms with E-state index in [0.717, 1.165) is 5.56 Å². The standard InChI is InChI=1S/C13H15ClN2O3/c1-3-17-10-6-5-9(7-11(10)18-4-2)13-15-12(8-14)16-19-13/h5-7H,3-4,8H2,1-2H3. The van der Waals surface area contributed by atoms with Gasteiger partial charge in [0.25, 0.3) is 5.89 Å². The molecule has 0 saturated carbocycles. The molecular weight excluding hydrogens is 268 g/mol. The summed E-state index contributed by atoms with van der Waals surface area (Å²) in [7, 11) is 0. The highest BCUT2D eigenvalue weighted by atomic mass is 35.5. The molecule has 0 fully saturated rings. The topological polar surface area (TPSA) is 57.4 Å². The van der Waals surface area contributed by atoms with E-state index in [-0.39, 0.29) is 5.88 Å². The quantitative estimate of drug-likeness (QED) is 0.761. The number of aromatic nitrogens is 2. The summed E-state index contributed by atoms with van der Waals surface area (Å²) in [6.07, 6.45) is 0. The van der Waals surface area contributed by atoms with Crippen molar-refractivity contribution in [3.63, 3.8) is 0 Å². The van der Waals surface area contributed by atoms with Crippen molar-refractivity contribution in [3.05, 3.63) is 24.0 Å². The van der Waals surface area contributed by atoms with Crippen LogP contribution in [0.4, 0.5) is 0 Å². The van der Waals surface area contributed by atoms with E-state index < -0.39 is 0 Å². The van der Waals surface area contributed by atoms with Crippen molar-refractivity contribution < 1.29 is 14.0 Å². The Morgan fingerprint density at radius 2 is 1.89 bits per heavy atom. The number of alkyl halides is 1. The van der Waals surface area contributed by atoms with E-state index in [1.807, 2.05) is 32.0 Å². The molecule has 0 amide bonds. The summed E-state index contributed by atoms with van der Waals surface area (Å²) in [5.41, 5.74) is 0.774. The molecule has 0 atom stereocenters. The lowest BCUT2D eigenvalue weighted by Crippen LogP contribution is -1.98. The zero-order valence-electron chi connectivity index (χ0n) is 10.9. The van der Waals surface area contributed by atoms with Gasteiger partial charge in [-0.2, -0.15) is 4.98 Å². The van der Waals surface area contributed by atoms with E-state index in [2.05, 4.69) is 10.1 Å². The predicted octanol–water partition coefficient (Wildman–Crippen LogP) is 3.27. The Labute approximate surface area is 116 Å². The summed E-state index contributed by atoms with van der Waals surface area (Å²) in [5, 5.41) is 3.76. The number of hydrogen-bond donors (Lipinski definition) is 0. The molecule has 0 aliphatic carbocycles. The lowest BCUT2D eigenvalue weighted by atomic mass is 10.2. The number of rotatable bonds is 6. The van der Waals surface area contributed by atoms with E-state index in [1.54, 1.807) is 0 Å². The maximum Gasteiger partial charge on any atom is 0.258 e. The molecule has 0 radical (unpaired) electrons. The molecule has 1 aromatic carbocycles. The summed E-state index contributed by atoms with van der Waals surface area (Å²) >= 11 is 5.65. The second-order valence-electron chi connectivity index (χ2n) is 3.68. The fourth-order valence-electron chi connectivity index (χ4n) is 1.61. The number of benzene rings is 1. The average molecular weight is 283 g/mol. The monoisotopic (exact) mass is 282 g/mol. The molecule has 0 unspecified atom stereocenters. The van der Waals surface area contributed by atoms with E-state index in [4.69, 9.17) is 25.6 Å². The molecule has 1 heterocycles. The van der Waals surface area contributed by atoms with Crippen LogP contribution in [0.3, 0.4) is 0 Å². The van der Waals surface area contributed by atoms with E-state index in [1.165, 1.54) is 0 Å².